The molecule has 29 heavy (non-hydrogen) atoms. The molecule has 0 bridgehead atoms. The van der Waals surface area contributed by atoms with Gasteiger partial charge in [0.15, 0.2) is 0 Å². The van der Waals surface area contributed by atoms with Gasteiger partial charge in [-0.3, -0.25) is 9.59 Å². The summed E-state index contributed by atoms with van der Waals surface area (Å²) in [7, 11) is 1.65. The molecule has 6 nitrogen and oxygen atoms in total. The monoisotopic (exact) mass is 391 g/mol. The van der Waals surface area contributed by atoms with E-state index in [1.165, 1.54) is 0 Å². The van der Waals surface area contributed by atoms with E-state index in [1.54, 1.807) is 12.0 Å². The first-order valence-corrected chi connectivity index (χ1v) is 9.89. The Morgan fingerprint density at radius 1 is 1.07 bits per heavy atom. The minimum atomic E-state index is -0.434. The molecule has 2 N–H and O–H groups in total. The smallest absolute Gasteiger partial charge is 0.295 e. The summed E-state index contributed by atoms with van der Waals surface area (Å²) in [5.74, 6) is -0.0549. The van der Waals surface area contributed by atoms with E-state index >= 15 is 0 Å². The Balaban J connectivity index is 1.42. The molecule has 0 aliphatic carbocycles. The van der Waals surface area contributed by atoms with Gasteiger partial charge in [-0.05, 0) is 38.0 Å². The number of anilines is 1. The SMILES string of the molecule is COc1ccccc1NC1CCN(C(=O)C(=O)c2c(C)[nH]c3ccccc23)CC1. The number of fused-ring (bicyclic) bond motifs is 1. The molecule has 4 rings (SSSR count). The zero-order chi connectivity index (χ0) is 20.4. The number of methoxy groups -OCH3 is 1. The minimum absolute atomic E-state index is 0.236. The molecule has 1 aromatic heterocycles. The molecule has 6 heteroatoms. The first-order chi connectivity index (χ1) is 14.1. The Hall–Kier alpha value is -3.28. The molecule has 0 unspecified atom stereocenters. The minimum Gasteiger partial charge on any atom is -0.495 e. The van der Waals surface area contributed by atoms with E-state index < -0.39 is 11.7 Å². The molecular weight excluding hydrogens is 366 g/mol. The number of aryl methyl sites for hydroxylation is 1. The van der Waals surface area contributed by atoms with Crippen LogP contribution in [-0.4, -0.2) is 47.8 Å². The predicted octanol–water partition coefficient (Wildman–Crippen LogP) is 3.77. The van der Waals surface area contributed by atoms with Crippen molar-refractivity contribution in [2.45, 2.75) is 25.8 Å². The van der Waals surface area contributed by atoms with Gasteiger partial charge in [-0.1, -0.05) is 30.3 Å². The van der Waals surface area contributed by atoms with E-state index in [0.29, 0.717) is 18.7 Å². The average Bonchev–Trinajstić information content (AvgIpc) is 3.09. The molecular formula is C23H25N3O3. The number of carbonyl (C=O) groups excluding carboxylic acids is 2. The molecule has 2 heterocycles. The average molecular weight is 391 g/mol. The van der Waals surface area contributed by atoms with Crippen molar-refractivity contribution in [3.8, 4) is 5.75 Å². The Morgan fingerprint density at radius 2 is 1.76 bits per heavy atom. The van der Waals surface area contributed by atoms with E-state index in [0.717, 1.165) is 40.9 Å². The number of amides is 1. The zero-order valence-electron chi connectivity index (χ0n) is 16.7. The van der Waals surface area contributed by atoms with Crippen molar-refractivity contribution in [1.29, 1.82) is 0 Å². The van der Waals surface area contributed by atoms with Crippen molar-refractivity contribution >= 4 is 28.3 Å². The highest BCUT2D eigenvalue weighted by atomic mass is 16.5. The largest absolute Gasteiger partial charge is 0.495 e. The number of H-pyrrole nitrogens is 1. The quantitative estimate of drug-likeness (QED) is 0.513. The van der Waals surface area contributed by atoms with Crippen molar-refractivity contribution in [3.63, 3.8) is 0 Å². The van der Waals surface area contributed by atoms with Crippen LogP contribution in [-0.2, 0) is 4.79 Å². The second-order valence-corrected chi connectivity index (χ2v) is 7.41. The molecule has 1 fully saturated rings. The molecule has 0 radical (unpaired) electrons. The van der Waals surface area contributed by atoms with Gasteiger partial charge in [-0.15, -0.1) is 0 Å². The summed E-state index contributed by atoms with van der Waals surface area (Å²) in [4.78, 5) is 30.7. The number of aromatic nitrogens is 1. The number of benzene rings is 2. The Labute approximate surface area is 169 Å². The molecule has 150 valence electrons. The zero-order valence-corrected chi connectivity index (χ0v) is 16.7. The molecule has 3 aromatic rings. The van der Waals surface area contributed by atoms with Gasteiger partial charge in [0.25, 0.3) is 11.7 Å². The number of nitrogens with one attached hydrogen (secondary N) is 2. The van der Waals surface area contributed by atoms with Crippen LogP contribution in [0.4, 0.5) is 5.69 Å². The maximum atomic E-state index is 13.0. The van der Waals surface area contributed by atoms with Crippen molar-refractivity contribution in [2.24, 2.45) is 0 Å². The van der Waals surface area contributed by atoms with Crippen LogP contribution < -0.4 is 10.1 Å². The van der Waals surface area contributed by atoms with Gasteiger partial charge in [0, 0.05) is 35.7 Å². The van der Waals surface area contributed by atoms with Crippen LogP contribution in [0.2, 0.25) is 0 Å². The lowest BCUT2D eigenvalue weighted by atomic mass is 10.0. The number of ketones is 1. The number of aromatic amines is 1. The van der Waals surface area contributed by atoms with E-state index in [4.69, 9.17) is 4.74 Å². The summed E-state index contributed by atoms with van der Waals surface area (Å²) in [6.07, 6.45) is 1.56. The van der Waals surface area contributed by atoms with Crippen molar-refractivity contribution < 1.29 is 14.3 Å². The lowest BCUT2D eigenvalue weighted by molar-refractivity contribution is -0.127. The van der Waals surface area contributed by atoms with Gasteiger partial charge in [0.2, 0.25) is 0 Å². The summed E-state index contributed by atoms with van der Waals surface area (Å²) < 4.78 is 5.39. The maximum absolute atomic E-state index is 13.0. The summed E-state index contributed by atoms with van der Waals surface area (Å²) in [5.41, 5.74) is 3.04. The van der Waals surface area contributed by atoms with Crippen LogP contribution in [0.3, 0.4) is 0 Å². The normalized spacial score (nSPS) is 14.8. The highest BCUT2D eigenvalue weighted by Crippen LogP contribution is 2.27. The number of likely N-dealkylation sites (tertiary alicyclic amines) is 1. The lowest BCUT2D eigenvalue weighted by Crippen LogP contribution is -2.45. The van der Waals surface area contributed by atoms with Gasteiger partial charge < -0.3 is 19.9 Å². The number of ether oxygens (including phenoxy) is 1. The number of carbonyl (C=O) groups is 2. The number of nitrogens with zero attached hydrogens (tertiary/aromatic N) is 1. The van der Waals surface area contributed by atoms with E-state index in [-0.39, 0.29) is 6.04 Å². The predicted molar refractivity (Wildman–Crippen MR) is 114 cm³/mol. The van der Waals surface area contributed by atoms with E-state index in [2.05, 4.69) is 10.3 Å². The second kappa shape index (κ2) is 7.99. The molecule has 1 aliphatic heterocycles. The van der Waals surface area contributed by atoms with Crippen LogP contribution in [0.25, 0.3) is 10.9 Å². The van der Waals surface area contributed by atoms with Gasteiger partial charge in [0.05, 0.1) is 18.4 Å². The third-order valence-electron chi connectivity index (χ3n) is 5.56. The standard InChI is InChI=1S/C23H25N3O3/c1-15-21(17-7-3-4-8-18(17)24-15)22(27)23(28)26-13-11-16(12-14-26)25-19-9-5-6-10-20(19)29-2/h3-10,16,24-25H,11-14H2,1-2H3. The fourth-order valence-electron chi connectivity index (χ4n) is 4.03. The van der Waals surface area contributed by atoms with Crippen LogP contribution in [0, 0.1) is 6.92 Å². The van der Waals surface area contributed by atoms with Crippen LogP contribution in [0.1, 0.15) is 28.9 Å². The summed E-state index contributed by atoms with van der Waals surface area (Å²) >= 11 is 0. The molecule has 1 amide bonds. The Bertz CT molecular complexity index is 1050. The Morgan fingerprint density at radius 3 is 2.52 bits per heavy atom. The Kier molecular flexibility index (Phi) is 5.25. The highest BCUT2D eigenvalue weighted by molar-refractivity contribution is 6.45. The van der Waals surface area contributed by atoms with Crippen LogP contribution in [0.15, 0.2) is 48.5 Å². The van der Waals surface area contributed by atoms with Gasteiger partial charge in [-0.2, -0.15) is 0 Å². The second-order valence-electron chi connectivity index (χ2n) is 7.41. The van der Waals surface area contributed by atoms with Crippen molar-refractivity contribution in [1.82, 2.24) is 9.88 Å². The third-order valence-corrected chi connectivity index (χ3v) is 5.56. The van der Waals surface area contributed by atoms with Crippen molar-refractivity contribution in [3.05, 3.63) is 59.8 Å². The number of para-hydroxylation sites is 3. The first kappa shape index (κ1) is 19.1. The lowest BCUT2D eigenvalue weighted by Gasteiger charge is -2.32. The van der Waals surface area contributed by atoms with Crippen LogP contribution >= 0.6 is 0 Å². The highest BCUT2D eigenvalue weighted by Gasteiger charge is 2.30. The fraction of sp³-hybridized carbons (Fsp3) is 0.304. The number of hydrogen-bond donors (Lipinski definition) is 2. The molecule has 1 aliphatic rings. The topological polar surface area (TPSA) is 74.4 Å². The van der Waals surface area contributed by atoms with Crippen LogP contribution in [0.5, 0.6) is 5.75 Å². The first-order valence-electron chi connectivity index (χ1n) is 9.89. The molecule has 0 saturated carbocycles. The molecule has 0 spiro atoms. The number of hydrogen-bond acceptors (Lipinski definition) is 4. The summed E-state index contributed by atoms with van der Waals surface area (Å²) in [6, 6.07) is 15.6. The van der Waals surface area contributed by atoms with E-state index in [9.17, 15) is 9.59 Å². The third kappa shape index (κ3) is 3.70. The number of piperidine rings is 1. The molecule has 0 atom stereocenters. The van der Waals surface area contributed by atoms with Gasteiger partial charge in [0.1, 0.15) is 5.75 Å². The number of rotatable bonds is 5. The van der Waals surface area contributed by atoms with E-state index in [1.807, 2.05) is 55.5 Å². The molecule has 2 aromatic carbocycles. The summed E-state index contributed by atoms with van der Waals surface area (Å²) in [5, 5.41) is 4.30. The summed E-state index contributed by atoms with van der Waals surface area (Å²) in [6.45, 7) is 2.95. The van der Waals surface area contributed by atoms with Crippen molar-refractivity contribution in [2.75, 3.05) is 25.5 Å². The molecule has 1 saturated heterocycles. The van der Waals surface area contributed by atoms with Gasteiger partial charge in [-0.25, -0.2) is 0 Å². The maximum Gasteiger partial charge on any atom is 0.295 e. The number of Topliss-reactive ketones (excluding diaryl/α,β-unsaturated/α-hetero) is 1. The van der Waals surface area contributed by atoms with Gasteiger partial charge >= 0.3 is 0 Å². The fourth-order valence-corrected chi connectivity index (χ4v) is 4.03.